The molecule has 6 aliphatic rings. The second-order valence-electron chi connectivity index (χ2n) is 14.0. The molecule has 5 heteroatoms. The van der Waals surface area contributed by atoms with Crippen LogP contribution in [0, 0.1) is 41.4 Å². The van der Waals surface area contributed by atoms with Crippen LogP contribution in [-0.2, 0) is 4.79 Å². The predicted octanol–water partition coefficient (Wildman–Crippen LogP) is 4.77. The van der Waals surface area contributed by atoms with E-state index >= 15 is 0 Å². The van der Waals surface area contributed by atoms with Gasteiger partial charge in [-0.3, -0.25) is 9.79 Å². The molecule has 1 N–H and O–H groups in total. The molecule has 5 nitrogen and oxygen atoms in total. The second kappa shape index (κ2) is 9.11. The molecule has 6 rings (SSSR count). The quantitative estimate of drug-likeness (QED) is 0.615. The van der Waals surface area contributed by atoms with Crippen LogP contribution in [0.25, 0.3) is 0 Å². The van der Waals surface area contributed by atoms with Crippen LogP contribution < -0.4 is 0 Å². The lowest BCUT2D eigenvalue weighted by molar-refractivity contribution is -0.137. The minimum atomic E-state index is -0.672. The molecule has 35 heavy (non-hydrogen) atoms. The monoisotopic (exact) mass is 483 g/mol. The predicted molar refractivity (Wildman–Crippen MR) is 140 cm³/mol. The van der Waals surface area contributed by atoms with Crippen LogP contribution in [0.1, 0.15) is 91.4 Å². The summed E-state index contributed by atoms with van der Waals surface area (Å²) in [5.74, 6) is 4.84. The van der Waals surface area contributed by atoms with E-state index in [1.165, 1.54) is 44.2 Å². The molecular weight excluding hydrogens is 434 g/mol. The van der Waals surface area contributed by atoms with E-state index in [-0.39, 0.29) is 5.91 Å². The van der Waals surface area contributed by atoms with E-state index in [9.17, 15) is 9.90 Å². The first-order valence-corrected chi connectivity index (χ1v) is 15.0. The molecule has 3 aliphatic heterocycles. The Morgan fingerprint density at radius 3 is 2.63 bits per heavy atom. The second-order valence-corrected chi connectivity index (χ2v) is 14.0. The van der Waals surface area contributed by atoms with Crippen LogP contribution in [0.2, 0.25) is 0 Å². The largest absolute Gasteiger partial charge is 0.384 e. The van der Waals surface area contributed by atoms with Gasteiger partial charge in [0.1, 0.15) is 5.60 Å². The van der Waals surface area contributed by atoms with Crippen molar-refractivity contribution in [1.29, 1.82) is 0 Å². The summed E-state index contributed by atoms with van der Waals surface area (Å²) in [6.45, 7) is 8.58. The summed E-state index contributed by atoms with van der Waals surface area (Å²) in [6.07, 6.45) is 12.9. The summed E-state index contributed by atoms with van der Waals surface area (Å²) in [6, 6.07) is 1.51. The number of hydrogen-bond acceptors (Lipinski definition) is 4. The van der Waals surface area contributed by atoms with Gasteiger partial charge < -0.3 is 14.9 Å². The van der Waals surface area contributed by atoms with E-state index in [1.807, 2.05) is 0 Å². The Hall–Kier alpha value is -0.940. The molecule has 3 saturated carbocycles. The number of hydrogen-bond donors (Lipinski definition) is 1. The van der Waals surface area contributed by atoms with E-state index in [0.717, 1.165) is 57.0 Å². The zero-order chi connectivity index (χ0) is 24.5. The molecule has 2 bridgehead atoms. The van der Waals surface area contributed by atoms with Crippen molar-refractivity contribution in [2.45, 2.75) is 115 Å². The number of carbonyl (C=O) groups excluding carboxylic acids is 1. The molecule has 0 aromatic carbocycles. The Morgan fingerprint density at radius 1 is 1.06 bits per heavy atom. The van der Waals surface area contributed by atoms with E-state index in [1.54, 1.807) is 6.92 Å². The molecule has 0 radical (unpaired) electrons. The maximum atomic E-state index is 12.4. The average Bonchev–Trinajstić information content (AvgIpc) is 2.91. The Bertz CT molecular complexity index is 859. The van der Waals surface area contributed by atoms with Gasteiger partial charge in [-0.25, -0.2) is 0 Å². The lowest BCUT2D eigenvalue weighted by Crippen LogP contribution is -2.57. The van der Waals surface area contributed by atoms with Crippen molar-refractivity contribution < 1.29 is 9.90 Å². The van der Waals surface area contributed by atoms with E-state index < -0.39 is 5.60 Å². The number of aliphatic hydroxyl groups is 1. The van der Waals surface area contributed by atoms with Crippen LogP contribution in [0.5, 0.6) is 0 Å². The van der Waals surface area contributed by atoms with Gasteiger partial charge in [-0.2, -0.15) is 0 Å². The zero-order valence-electron chi connectivity index (χ0n) is 22.7. The number of likely N-dealkylation sites (tertiary alicyclic amines) is 2. The van der Waals surface area contributed by atoms with Gasteiger partial charge in [-0.1, -0.05) is 13.8 Å². The first kappa shape index (κ1) is 24.4. The van der Waals surface area contributed by atoms with E-state index in [0.29, 0.717) is 47.7 Å². The summed E-state index contributed by atoms with van der Waals surface area (Å²) >= 11 is 0. The number of rotatable bonds is 2. The van der Waals surface area contributed by atoms with Crippen molar-refractivity contribution in [1.82, 2.24) is 9.80 Å². The SMILES string of the molecule is CC(=O)N1CCCC2C(CC3CCC4(O)C(=N3)CC3CC(C)CC5C3CC4CN5C)CC(C)CC21. The summed E-state index contributed by atoms with van der Waals surface area (Å²) < 4.78 is 0. The van der Waals surface area contributed by atoms with Gasteiger partial charge in [0.25, 0.3) is 0 Å². The molecule has 2 saturated heterocycles. The summed E-state index contributed by atoms with van der Waals surface area (Å²) in [5.41, 5.74) is 0.512. The molecule has 3 aliphatic carbocycles. The number of nitrogens with zero attached hydrogens (tertiary/aromatic N) is 3. The number of amides is 1. The Morgan fingerprint density at radius 2 is 1.83 bits per heavy atom. The first-order valence-electron chi connectivity index (χ1n) is 15.0. The molecule has 196 valence electrons. The van der Waals surface area contributed by atoms with Crippen LogP contribution in [0.15, 0.2) is 4.99 Å². The van der Waals surface area contributed by atoms with Crippen molar-refractivity contribution in [2.75, 3.05) is 20.1 Å². The van der Waals surface area contributed by atoms with Gasteiger partial charge in [0.05, 0.1) is 6.04 Å². The van der Waals surface area contributed by atoms with Crippen molar-refractivity contribution in [3.63, 3.8) is 0 Å². The average molecular weight is 484 g/mol. The van der Waals surface area contributed by atoms with Gasteiger partial charge in [0.15, 0.2) is 0 Å². The van der Waals surface area contributed by atoms with Crippen molar-refractivity contribution >= 4 is 11.6 Å². The summed E-state index contributed by atoms with van der Waals surface area (Å²) in [7, 11) is 2.31. The van der Waals surface area contributed by atoms with Crippen molar-refractivity contribution in [3.05, 3.63) is 0 Å². The lowest BCUT2D eigenvalue weighted by Gasteiger charge is -2.51. The van der Waals surface area contributed by atoms with Crippen LogP contribution in [-0.4, -0.2) is 70.4 Å². The minimum Gasteiger partial charge on any atom is -0.384 e. The van der Waals surface area contributed by atoms with Gasteiger partial charge >= 0.3 is 0 Å². The smallest absolute Gasteiger partial charge is 0.219 e. The van der Waals surface area contributed by atoms with Gasteiger partial charge in [0.2, 0.25) is 5.91 Å². The van der Waals surface area contributed by atoms with Crippen LogP contribution >= 0.6 is 0 Å². The van der Waals surface area contributed by atoms with Crippen LogP contribution in [0.4, 0.5) is 0 Å². The summed E-state index contributed by atoms with van der Waals surface area (Å²) in [5, 5.41) is 12.1. The molecule has 0 spiro atoms. The van der Waals surface area contributed by atoms with Gasteiger partial charge in [-0.05, 0) is 113 Å². The summed E-state index contributed by atoms with van der Waals surface area (Å²) in [4.78, 5) is 22.6. The highest BCUT2D eigenvalue weighted by atomic mass is 16.3. The normalized spacial score (nSPS) is 50.0. The molecule has 11 unspecified atom stereocenters. The highest BCUT2D eigenvalue weighted by Gasteiger charge is 2.55. The molecule has 0 aromatic heterocycles. The zero-order valence-corrected chi connectivity index (χ0v) is 22.7. The Kier molecular flexibility index (Phi) is 6.35. The third-order valence-electron chi connectivity index (χ3n) is 11.7. The third-order valence-corrected chi connectivity index (χ3v) is 11.7. The highest BCUT2D eigenvalue weighted by molar-refractivity contribution is 5.94. The first-order chi connectivity index (χ1) is 16.7. The van der Waals surface area contributed by atoms with Crippen molar-refractivity contribution in [2.24, 2.45) is 46.4 Å². The number of fused-ring (bicyclic) bond motifs is 4. The molecule has 0 aromatic rings. The standard InChI is InChI=1S/C30H49N3O2/c1-18-11-22-15-29-30(35,23-16-26(22)27(12-18)32(4)17-23)8-7-24(31-29)14-21-10-19(2)13-28-25(21)6-5-9-33(28)20(3)34/h18-19,21-28,35H,5-17H2,1-4H3. The van der Waals surface area contributed by atoms with Crippen molar-refractivity contribution in [3.8, 4) is 0 Å². The molecule has 5 fully saturated rings. The fourth-order valence-electron chi connectivity index (χ4n) is 10.2. The fraction of sp³-hybridized carbons (Fsp3) is 0.933. The number of piperidine rings is 2. The minimum absolute atomic E-state index is 0.269. The van der Waals surface area contributed by atoms with E-state index in [2.05, 4.69) is 30.7 Å². The fourth-order valence-corrected chi connectivity index (χ4v) is 10.2. The number of carbonyl (C=O) groups is 1. The number of aliphatic imine (C=N–C) groups is 1. The lowest BCUT2D eigenvalue weighted by atomic mass is 9.65. The Labute approximate surface area is 213 Å². The third kappa shape index (κ3) is 4.21. The topological polar surface area (TPSA) is 56.1 Å². The van der Waals surface area contributed by atoms with Gasteiger partial charge in [-0.15, -0.1) is 0 Å². The molecule has 11 atom stereocenters. The molecule has 3 heterocycles. The maximum Gasteiger partial charge on any atom is 0.219 e. The maximum absolute atomic E-state index is 12.4. The van der Waals surface area contributed by atoms with Gasteiger partial charge in [0, 0.05) is 43.7 Å². The Balaban J connectivity index is 1.24. The van der Waals surface area contributed by atoms with E-state index in [4.69, 9.17) is 4.99 Å². The van der Waals surface area contributed by atoms with Crippen LogP contribution in [0.3, 0.4) is 0 Å². The highest BCUT2D eigenvalue weighted by Crippen LogP contribution is 2.52. The molecular formula is C30H49N3O2. The molecule has 1 amide bonds.